The van der Waals surface area contributed by atoms with Gasteiger partial charge >= 0.3 is 0 Å². The maximum Gasteiger partial charge on any atom is 0.156 e. The van der Waals surface area contributed by atoms with E-state index in [0.717, 1.165) is 24.4 Å². The number of amidine groups is 1. The Balaban J connectivity index is 1.37. The van der Waals surface area contributed by atoms with Crippen LogP contribution in [-0.2, 0) is 0 Å². The first-order valence-corrected chi connectivity index (χ1v) is 8.78. The molecule has 3 aliphatic carbocycles. The molecule has 2 nitrogen and oxygen atoms in total. The van der Waals surface area contributed by atoms with Gasteiger partial charge in [-0.2, -0.15) is 0 Å². The molecule has 0 aromatic heterocycles. The van der Waals surface area contributed by atoms with Gasteiger partial charge in [0.1, 0.15) is 0 Å². The molecule has 4 aliphatic rings. The average Bonchev–Trinajstić information content (AvgIpc) is 3.28. The Morgan fingerprint density at radius 2 is 2.00 bits per heavy atom. The molecule has 0 aromatic carbocycles. The average molecular weight is 264 g/mol. The van der Waals surface area contributed by atoms with Gasteiger partial charge in [0.25, 0.3) is 0 Å². The van der Waals surface area contributed by atoms with E-state index in [1.54, 1.807) is 0 Å². The van der Waals surface area contributed by atoms with Crippen LogP contribution in [0.5, 0.6) is 0 Å². The molecule has 1 heterocycles. The lowest BCUT2D eigenvalue weighted by Crippen LogP contribution is -2.46. The van der Waals surface area contributed by atoms with Crippen LogP contribution in [0.3, 0.4) is 0 Å². The highest BCUT2D eigenvalue weighted by Crippen LogP contribution is 2.61. The molecule has 1 saturated heterocycles. The fraction of sp³-hybridized carbons (Fsp3) is 0.933. The van der Waals surface area contributed by atoms with Gasteiger partial charge in [0, 0.05) is 18.3 Å². The Kier molecular flexibility index (Phi) is 2.86. The maximum atomic E-state index is 4.94. The molecule has 4 rings (SSSR count). The summed E-state index contributed by atoms with van der Waals surface area (Å²) in [6.07, 6.45) is 11.5. The van der Waals surface area contributed by atoms with Crippen LogP contribution in [0.2, 0.25) is 0 Å². The number of thioether (sulfide) groups is 1. The molecule has 100 valence electrons. The third kappa shape index (κ3) is 2.19. The van der Waals surface area contributed by atoms with Gasteiger partial charge in [-0.05, 0) is 55.8 Å². The predicted octanol–water partition coefficient (Wildman–Crippen LogP) is 3.43. The van der Waals surface area contributed by atoms with Gasteiger partial charge in [-0.15, -0.1) is 0 Å². The van der Waals surface area contributed by atoms with Gasteiger partial charge in [-0.25, -0.2) is 0 Å². The van der Waals surface area contributed by atoms with Crippen molar-refractivity contribution in [3.63, 3.8) is 0 Å². The van der Waals surface area contributed by atoms with Crippen molar-refractivity contribution in [2.75, 3.05) is 12.3 Å². The standard InChI is InChI=1S/C15H24N2S/c1-2-4-13-11(3-1)9-18-14(17-13)16-10-15(7-8-15)12-5-6-12/h11-13H,1-10H2,(H,16,17). The maximum absolute atomic E-state index is 4.94. The molecule has 0 amide bonds. The lowest BCUT2D eigenvalue weighted by atomic mass is 9.86. The summed E-state index contributed by atoms with van der Waals surface area (Å²) in [7, 11) is 0. The third-order valence-electron chi connectivity index (χ3n) is 5.53. The monoisotopic (exact) mass is 264 g/mol. The van der Waals surface area contributed by atoms with E-state index in [4.69, 9.17) is 4.99 Å². The first-order chi connectivity index (χ1) is 8.86. The second-order valence-corrected chi connectivity index (χ2v) is 7.87. The number of rotatable bonds is 3. The number of nitrogens with one attached hydrogen (secondary N) is 1. The predicted molar refractivity (Wildman–Crippen MR) is 78.0 cm³/mol. The Morgan fingerprint density at radius 1 is 1.17 bits per heavy atom. The molecule has 1 aliphatic heterocycles. The quantitative estimate of drug-likeness (QED) is 0.844. The fourth-order valence-electron chi connectivity index (χ4n) is 3.86. The first-order valence-electron chi connectivity index (χ1n) is 7.80. The number of hydrogen-bond donors (Lipinski definition) is 1. The van der Waals surface area contributed by atoms with Gasteiger partial charge in [0.05, 0.1) is 0 Å². The highest BCUT2D eigenvalue weighted by molar-refractivity contribution is 8.13. The van der Waals surface area contributed by atoms with E-state index in [1.165, 1.54) is 62.3 Å². The van der Waals surface area contributed by atoms with Crippen LogP contribution in [0.25, 0.3) is 0 Å². The Labute approximate surface area is 114 Å². The summed E-state index contributed by atoms with van der Waals surface area (Å²) in [5.74, 6) is 3.27. The molecule has 0 bridgehead atoms. The highest BCUT2D eigenvalue weighted by Gasteiger charge is 2.53. The second kappa shape index (κ2) is 4.43. The number of fused-ring (bicyclic) bond motifs is 1. The van der Waals surface area contributed by atoms with Crippen molar-refractivity contribution < 1.29 is 0 Å². The van der Waals surface area contributed by atoms with Gasteiger partial charge in [-0.3, -0.25) is 4.99 Å². The molecule has 2 atom stereocenters. The van der Waals surface area contributed by atoms with Crippen LogP contribution in [0.1, 0.15) is 51.4 Å². The molecule has 0 spiro atoms. The van der Waals surface area contributed by atoms with Crippen molar-refractivity contribution in [2.24, 2.45) is 22.2 Å². The molecule has 18 heavy (non-hydrogen) atoms. The van der Waals surface area contributed by atoms with E-state index < -0.39 is 0 Å². The van der Waals surface area contributed by atoms with Crippen molar-refractivity contribution in [1.82, 2.24) is 5.32 Å². The summed E-state index contributed by atoms with van der Waals surface area (Å²) >= 11 is 1.99. The summed E-state index contributed by atoms with van der Waals surface area (Å²) in [5, 5.41) is 5.00. The number of hydrogen-bond acceptors (Lipinski definition) is 2. The summed E-state index contributed by atoms with van der Waals surface area (Å²) in [4.78, 5) is 4.94. The number of aliphatic imine (C=N–C) groups is 1. The molecular formula is C15H24N2S. The molecule has 1 N–H and O–H groups in total. The summed E-state index contributed by atoms with van der Waals surface area (Å²) in [6.45, 7) is 1.12. The second-order valence-electron chi connectivity index (χ2n) is 6.86. The molecule has 3 heteroatoms. The van der Waals surface area contributed by atoms with Crippen molar-refractivity contribution in [1.29, 1.82) is 0 Å². The van der Waals surface area contributed by atoms with Gasteiger partial charge in [0.15, 0.2) is 5.17 Å². The fourth-order valence-corrected chi connectivity index (χ4v) is 5.02. The van der Waals surface area contributed by atoms with Crippen LogP contribution >= 0.6 is 11.8 Å². The Morgan fingerprint density at radius 3 is 2.78 bits per heavy atom. The van der Waals surface area contributed by atoms with Gasteiger partial charge in [0.2, 0.25) is 0 Å². The van der Waals surface area contributed by atoms with Crippen molar-refractivity contribution in [2.45, 2.75) is 57.4 Å². The molecular weight excluding hydrogens is 240 g/mol. The van der Waals surface area contributed by atoms with E-state index in [9.17, 15) is 0 Å². The van der Waals surface area contributed by atoms with Crippen molar-refractivity contribution >= 4 is 16.9 Å². The smallest absolute Gasteiger partial charge is 0.156 e. The summed E-state index contributed by atoms with van der Waals surface area (Å²) < 4.78 is 0. The minimum absolute atomic E-state index is 0.665. The zero-order valence-corrected chi connectivity index (χ0v) is 12.0. The molecule has 2 unspecified atom stereocenters. The van der Waals surface area contributed by atoms with Crippen molar-refractivity contribution in [3.8, 4) is 0 Å². The summed E-state index contributed by atoms with van der Waals surface area (Å²) in [6, 6.07) is 0.745. The minimum atomic E-state index is 0.665. The van der Waals surface area contributed by atoms with Gasteiger partial charge < -0.3 is 5.32 Å². The van der Waals surface area contributed by atoms with Crippen LogP contribution in [0.4, 0.5) is 0 Å². The highest BCUT2D eigenvalue weighted by atomic mass is 32.2. The van der Waals surface area contributed by atoms with E-state index in [-0.39, 0.29) is 0 Å². The van der Waals surface area contributed by atoms with E-state index in [1.807, 2.05) is 11.8 Å². The largest absolute Gasteiger partial charge is 0.362 e. The molecule has 3 saturated carbocycles. The van der Waals surface area contributed by atoms with Crippen LogP contribution in [0.15, 0.2) is 4.99 Å². The van der Waals surface area contributed by atoms with Crippen molar-refractivity contribution in [3.05, 3.63) is 0 Å². The van der Waals surface area contributed by atoms with Crippen LogP contribution in [-0.4, -0.2) is 23.5 Å². The third-order valence-corrected chi connectivity index (χ3v) is 6.64. The molecule has 0 radical (unpaired) electrons. The SMILES string of the molecule is C1CCC2NC(=NCC3(C4CC4)CC3)SCC2C1. The molecule has 4 fully saturated rings. The lowest BCUT2D eigenvalue weighted by Gasteiger charge is -2.37. The van der Waals surface area contributed by atoms with E-state index in [2.05, 4.69) is 5.32 Å². The van der Waals surface area contributed by atoms with E-state index >= 15 is 0 Å². The summed E-state index contributed by atoms with van der Waals surface area (Å²) in [5.41, 5.74) is 0.665. The Hall–Kier alpha value is -0.180. The van der Waals surface area contributed by atoms with Crippen LogP contribution < -0.4 is 5.32 Å². The Bertz CT molecular complexity index is 358. The molecule has 0 aromatic rings. The van der Waals surface area contributed by atoms with Crippen LogP contribution in [0, 0.1) is 17.3 Å². The number of nitrogens with zero attached hydrogens (tertiary/aromatic N) is 1. The zero-order valence-electron chi connectivity index (χ0n) is 11.2. The zero-order chi connectivity index (χ0) is 12.0. The first kappa shape index (κ1) is 11.6. The minimum Gasteiger partial charge on any atom is -0.362 e. The van der Waals surface area contributed by atoms with E-state index in [0.29, 0.717) is 5.41 Å². The normalized spacial score (nSPS) is 40.1. The lowest BCUT2D eigenvalue weighted by molar-refractivity contribution is 0.310. The topological polar surface area (TPSA) is 24.4 Å². The van der Waals surface area contributed by atoms with Gasteiger partial charge in [-0.1, -0.05) is 24.6 Å².